The van der Waals surface area contributed by atoms with Crippen LogP contribution >= 0.6 is 12.4 Å². The smallest absolute Gasteiger partial charge is 0.197 e. The van der Waals surface area contributed by atoms with E-state index in [0.717, 1.165) is 11.4 Å². The highest BCUT2D eigenvalue weighted by Crippen LogP contribution is 2.01. The van der Waals surface area contributed by atoms with Gasteiger partial charge in [-0.3, -0.25) is 0 Å². The second-order valence-electron chi connectivity index (χ2n) is 1.83. The van der Waals surface area contributed by atoms with E-state index in [1.165, 1.54) is 0 Å². The molecule has 0 spiro atoms. The van der Waals surface area contributed by atoms with E-state index in [4.69, 9.17) is 5.73 Å². The Morgan fingerprint density at radius 3 is 2.11 bits per heavy atom. The molecule has 1 aromatic rings. The highest BCUT2D eigenvalue weighted by molar-refractivity contribution is 5.85. The summed E-state index contributed by atoms with van der Waals surface area (Å²) in [7, 11) is 0. The normalized spacial score (nSPS) is 8.67. The molecule has 0 atom stereocenters. The van der Waals surface area contributed by atoms with Gasteiger partial charge in [0.05, 0.1) is 5.69 Å². The lowest BCUT2D eigenvalue weighted by atomic mass is 10.4. The zero-order valence-corrected chi connectivity index (χ0v) is 6.25. The Morgan fingerprint density at radius 2 is 2.00 bits per heavy atom. The van der Waals surface area contributed by atoms with Gasteiger partial charge in [0.1, 0.15) is 0 Å². The summed E-state index contributed by atoms with van der Waals surface area (Å²) in [6.07, 6.45) is 0. The number of anilines is 1. The number of aromatic nitrogens is 2. The number of nitrogens with zero attached hydrogens (tertiary/aromatic N) is 1. The van der Waals surface area contributed by atoms with Crippen LogP contribution in [-0.4, -0.2) is 9.97 Å². The summed E-state index contributed by atoms with van der Waals surface area (Å²) >= 11 is 0. The van der Waals surface area contributed by atoms with Crippen LogP contribution in [0.1, 0.15) is 11.4 Å². The number of nitrogens with two attached hydrogens (primary N) is 1. The van der Waals surface area contributed by atoms with Gasteiger partial charge >= 0.3 is 0 Å². The van der Waals surface area contributed by atoms with E-state index in [2.05, 4.69) is 9.97 Å². The molecule has 0 aliphatic rings. The standard InChI is InChI=1S/C5H9N3.ClH/c1-3-4(2)8-5(6)7-3;/h1-2H3,(H3,6,7,8);1H. The summed E-state index contributed by atoms with van der Waals surface area (Å²) < 4.78 is 0. The number of hydrogen-bond donors (Lipinski definition) is 2. The minimum absolute atomic E-state index is 0. The van der Waals surface area contributed by atoms with Crippen LogP contribution in [0, 0.1) is 13.8 Å². The van der Waals surface area contributed by atoms with Gasteiger partial charge in [-0.15, -0.1) is 12.4 Å². The molecule has 0 bridgehead atoms. The van der Waals surface area contributed by atoms with Crippen molar-refractivity contribution in [1.29, 1.82) is 0 Å². The lowest BCUT2D eigenvalue weighted by Gasteiger charge is -1.78. The van der Waals surface area contributed by atoms with Crippen LogP contribution in [0.15, 0.2) is 0 Å². The minimum Gasteiger partial charge on any atom is -0.369 e. The van der Waals surface area contributed by atoms with E-state index in [1.807, 2.05) is 13.8 Å². The number of H-pyrrole nitrogens is 1. The number of rotatable bonds is 0. The maximum Gasteiger partial charge on any atom is 0.197 e. The first-order valence-corrected chi connectivity index (χ1v) is 2.49. The zero-order valence-electron chi connectivity index (χ0n) is 5.43. The summed E-state index contributed by atoms with van der Waals surface area (Å²) in [5, 5.41) is 0. The van der Waals surface area contributed by atoms with Crippen molar-refractivity contribution in [3.8, 4) is 0 Å². The third kappa shape index (κ3) is 1.61. The first kappa shape index (κ1) is 8.30. The Bertz CT molecular complexity index is 175. The Kier molecular flexibility index (Phi) is 2.52. The topological polar surface area (TPSA) is 54.7 Å². The molecule has 4 heteroatoms. The second-order valence-corrected chi connectivity index (χ2v) is 1.83. The average molecular weight is 148 g/mol. The van der Waals surface area contributed by atoms with Gasteiger partial charge in [-0.05, 0) is 13.8 Å². The van der Waals surface area contributed by atoms with E-state index >= 15 is 0 Å². The van der Waals surface area contributed by atoms with Crippen molar-refractivity contribution >= 4 is 18.4 Å². The van der Waals surface area contributed by atoms with Crippen molar-refractivity contribution in [2.24, 2.45) is 0 Å². The number of hydrogen-bond acceptors (Lipinski definition) is 2. The van der Waals surface area contributed by atoms with Crippen LogP contribution in [0.3, 0.4) is 0 Å². The predicted molar refractivity (Wildman–Crippen MR) is 39.7 cm³/mol. The maximum absolute atomic E-state index is 5.31. The molecule has 52 valence electrons. The molecular formula is C5H10ClN3. The third-order valence-corrected chi connectivity index (χ3v) is 1.15. The van der Waals surface area contributed by atoms with Gasteiger partial charge in [-0.2, -0.15) is 0 Å². The highest BCUT2D eigenvalue weighted by Gasteiger charge is 1.94. The Balaban J connectivity index is 0.000000640. The highest BCUT2D eigenvalue weighted by atomic mass is 35.5. The molecule has 0 amide bonds. The fraction of sp³-hybridized carbons (Fsp3) is 0.400. The SMILES string of the molecule is Cc1nc(N)[nH]c1C.Cl. The monoisotopic (exact) mass is 147 g/mol. The second kappa shape index (κ2) is 2.73. The van der Waals surface area contributed by atoms with E-state index in [9.17, 15) is 0 Å². The summed E-state index contributed by atoms with van der Waals surface area (Å²) in [4.78, 5) is 6.81. The molecule has 9 heavy (non-hydrogen) atoms. The molecule has 3 nitrogen and oxygen atoms in total. The Hall–Kier alpha value is -0.700. The lowest BCUT2D eigenvalue weighted by molar-refractivity contribution is 1.22. The van der Waals surface area contributed by atoms with Crippen molar-refractivity contribution in [2.45, 2.75) is 13.8 Å². The van der Waals surface area contributed by atoms with Crippen molar-refractivity contribution < 1.29 is 0 Å². The summed E-state index contributed by atoms with van der Waals surface area (Å²) in [6, 6.07) is 0. The molecular weight excluding hydrogens is 138 g/mol. The lowest BCUT2D eigenvalue weighted by Crippen LogP contribution is -1.84. The number of aromatic amines is 1. The van der Waals surface area contributed by atoms with Crippen molar-refractivity contribution in [2.75, 3.05) is 5.73 Å². The predicted octanol–water partition coefficient (Wildman–Crippen LogP) is 1.03. The van der Waals surface area contributed by atoms with E-state index in [-0.39, 0.29) is 12.4 Å². The summed E-state index contributed by atoms with van der Waals surface area (Å²) in [5.41, 5.74) is 7.33. The maximum atomic E-state index is 5.31. The fourth-order valence-electron chi connectivity index (χ4n) is 0.575. The number of imidazole rings is 1. The van der Waals surface area contributed by atoms with Crippen LogP contribution in [-0.2, 0) is 0 Å². The molecule has 0 saturated heterocycles. The van der Waals surface area contributed by atoms with E-state index < -0.39 is 0 Å². The van der Waals surface area contributed by atoms with E-state index in [1.54, 1.807) is 0 Å². The van der Waals surface area contributed by atoms with Gasteiger partial charge in [0.15, 0.2) is 5.95 Å². The first-order valence-electron chi connectivity index (χ1n) is 2.49. The van der Waals surface area contributed by atoms with Crippen molar-refractivity contribution in [1.82, 2.24) is 9.97 Å². The number of halogens is 1. The van der Waals surface area contributed by atoms with Crippen LogP contribution in [0.25, 0.3) is 0 Å². The Labute approximate surface area is 60.1 Å². The quantitative estimate of drug-likeness (QED) is 0.576. The largest absolute Gasteiger partial charge is 0.369 e. The molecule has 1 rings (SSSR count). The van der Waals surface area contributed by atoms with Crippen LogP contribution in [0.4, 0.5) is 5.95 Å². The van der Waals surface area contributed by atoms with Crippen LogP contribution in [0.2, 0.25) is 0 Å². The third-order valence-electron chi connectivity index (χ3n) is 1.15. The number of nitrogen functional groups attached to an aromatic ring is 1. The first-order chi connectivity index (χ1) is 3.70. The molecule has 0 aliphatic heterocycles. The number of aryl methyl sites for hydroxylation is 2. The minimum atomic E-state index is 0. The molecule has 0 aliphatic carbocycles. The van der Waals surface area contributed by atoms with Gasteiger partial charge in [0.25, 0.3) is 0 Å². The van der Waals surface area contributed by atoms with E-state index in [0.29, 0.717) is 5.95 Å². The van der Waals surface area contributed by atoms with Gasteiger partial charge in [-0.1, -0.05) is 0 Å². The average Bonchev–Trinajstić information content (AvgIpc) is 1.85. The molecule has 0 aromatic carbocycles. The fourth-order valence-corrected chi connectivity index (χ4v) is 0.575. The van der Waals surface area contributed by atoms with Gasteiger partial charge in [-0.25, -0.2) is 4.98 Å². The molecule has 0 unspecified atom stereocenters. The molecule has 0 radical (unpaired) electrons. The zero-order chi connectivity index (χ0) is 6.15. The number of nitrogens with one attached hydrogen (secondary N) is 1. The molecule has 1 heterocycles. The van der Waals surface area contributed by atoms with Gasteiger partial charge < -0.3 is 10.7 Å². The molecule has 1 aromatic heterocycles. The summed E-state index contributed by atoms with van der Waals surface area (Å²) in [5.74, 6) is 0.500. The molecule has 3 N–H and O–H groups in total. The van der Waals surface area contributed by atoms with Crippen molar-refractivity contribution in [3.05, 3.63) is 11.4 Å². The Morgan fingerprint density at radius 1 is 1.44 bits per heavy atom. The molecule has 0 saturated carbocycles. The summed E-state index contributed by atoms with van der Waals surface area (Å²) in [6.45, 7) is 3.86. The van der Waals surface area contributed by atoms with Crippen molar-refractivity contribution in [3.63, 3.8) is 0 Å². The van der Waals surface area contributed by atoms with Crippen LogP contribution < -0.4 is 5.73 Å². The van der Waals surface area contributed by atoms with Gasteiger partial charge in [0, 0.05) is 5.69 Å². The molecule has 0 fully saturated rings. The van der Waals surface area contributed by atoms with Gasteiger partial charge in [0.2, 0.25) is 0 Å². The van der Waals surface area contributed by atoms with Crippen LogP contribution in [0.5, 0.6) is 0 Å².